The van der Waals surface area contributed by atoms with Gasteiger partial charge in [0.2, 0.25) is 5.91 Å². The molecule has 0 radical (unpaired) electrons. The first-order chi connectivity index (χ1) is 5.54. The van der Waals surface area contributed by atoms with Gasteiger partial charge in [-0.15, -0.1) is 0 Å². The zero-order valence-corrected chi connectivity index (χ0v) is 7.98. The molecule has 3 N–H and O–H groups in total. The van der Waals surface area contributed by atoms with Crippen LogP contribution < -0.4 is 10.6 Å². The molecule has 0 atom stereocenters. The number of hydrogen-bond acceptors (Lipinski definition) is 3. The van der Waals surface area contributed by atoms with E-state index in [0.717, 1.165) is 0 Å². The molecular weight excluding hydrogens is 156 g/mol. The smallest absolute Gasteiger partial charge is 0.226 e. The van der Waals surface area contributed by atoms with E-state index in [9.17, 15) is 4.79 Å². The normalized spacial score (nSPS) is 11.3. The number of aliphatic hydroxyl groups is 1. The molecule has 0 bridgehead atoms. The molecule has 0 aromatic heterocycles. The molecule has 0 aliphatic carbocycles. The van der Waals surface area contributed by atoms with Gasteiger partial charge in [-0.05, 0) is 13.8 Å². The molecule has 0 aliphatic rings. The first kappa shape index (κ1) is 11.4. The van der Waals surface area contributed by atoms with Gasteiger partial charge in [0.25, 0.3) is 0 Å². The Hall–Kier alpha value is -0.610. The molecule has 12 heavy (non-hydrogen) atoms. The van der Waals surface area contributed by atoms with Gasteiger partial charge >= 0.3 is 0 Å². The minimum atomic E-state index is -0.413. The molecule has 72 valence electrons. The fourth-order valence-corrected chi connectivity index (χ4v) is 0.899. The first-order valence-corrected chi connectivity index (χ1v) is 4.08. The number of rotatable bonds is 5. The van der Waals surface area contributed by atoms with Crippen molar-refractivity contribution in [2.45, 2.75) is 13.8 Å². The Morgan fingerprint density at radius 3 is 2.50 bits per heavy atom. The van der Waals surface area contributed by atoms with Crippen molar-refractivity contribution in [3.63, 3.8) is 0 Å². The Bertz CT molecular complexity index is 146. The van der Waals surface area contributed by atoms with Gasteiger partial charge in [-0.3, -0.25) is 4.79 Å². The molecule has 4 nitrogen and oxygen atoms in total. The summed E-state index contributed by atoms with van der Waals surface area (Å²) in [7, 11) is 1.62. The Morgan fingerprint density at radius 2 is 2.08 bits per heavy atom. The second-order valence-corrected chi connectivity index (χ2v) is 3.36. The van der Waals surface area contributed by atoms with E-state index in [1.165, 1.54) is 0 Å². The van der Waals surface area contributed by atoms with Crippen molar-refractivity contribution in [3.05, 3.63) is 0 Å². The number of carbonyl (C=O) groups excluding carboxylic acids is 1. The zero-order chi connectivity index (χ0) is 9.61. The van der Waals surface area contributed by atoms with Crippen molar-refractivity contribution in [1.82, 2.24) is 10.6 Å². The summed E-state index contributed by atoms with van der Waals surface area (Å²) in [5, 5.41) is 14.1. The maximum Gasteiger partial charge on any atom is 0.226 e. The second-order valence-electron chi connectivity index (χ2n) is 3.36. The van der Waals surface area contributed by atoms with Crippen LogP contribution in [0, 0.1) is 5.41 Å². The Morgan fingerprint density at radius 1 is 1.50 bits per heavy atom. The van der Waals surface area contributed by atoms with Gasteiger partial charge in [0, 0.05) is 20.1 Å². The largest absolute Gasteiger partial charge is 0.395 e. The minimum Gasteiger partial charge on any atom is -0.395 e. The summed E-state index contributed by atoms with van der Waals surface area (Å²) in [6.45, 7) is 4.92. The average molecular weight is 174 g/mol. The van der Waals surface area contributed by atoms with Crippen molar-refractivity contribution in [1.29, 1.82) is 0 Å². The molecule has 0 aliphatic heterocycles. The molecule has 0 spiro atoms. The fraction of sp³-hybridized carbons (Fsp3) is 0.875. The molecule has 0 aromatic rings. The molecule has 0 saturated carbocycles. The predicted molar refractivity (Wildman–Crippen MR) is 47.8 cm³/mol. The Balaban J connectivity index is 3.78. The van der Waals surface area contributed by atoms with Gasteiger partial charge in [-0.1, -0.05) is 0 Å². The number of carbonyl (C=O) groups is 1. The molecular formula is C8H18N2O2. The Kier molecular flexibility index (Phi) is 4.85. The topological polar surface area (TPSA) is 61.4 Å². The van der Waals surface area contributed by atoms with Gasteiger partial charge in [-0.2, -0.15) is 0 Å². The van der Waals surface area contributed by atoms with Crippen LogP contribution in [0.25, 0.3) is 0 Å². The third kappa shape index (κ3) is 3.69. The van der Waals surface area contributed by atoms with Crippen LogP contribution in [0.3, 0.4) is 0 Å². The summed E-state index contributed by atoms with van der Waals surface area (Å²) < 4.78 is 0. The summed E-state index contributed by atoms with van der Waals surface area (Å²) >= 11 is 0. The quantitative estimate of drug-likeness (QED) is 0.485. The van der Waals surface area contributed by atoms with Crippen molar-refractivity contribution in [2.24, 2.45) is 5.41 Å². The van der Waals surface area contributed by atoms with E-state index in [4.69, 9.17) is 5.11 Å². The van der Waals surface area contributed by atoms with Crippen molar-refractivity contribution < 1.29 is 9.90 Å². The highest BCUT2D eigenvalue weighted by atomic mass is 16.3. The van der Waals surface area contributed by atoms with E-state index in [-0.39, 0.29) is 12.5 Å². The number of nitrogens with one attached hydrogen (secondary N) is 2. The lowest BCUT2D eigenvalue weighted by Crippen LogP contribution is -2.42. The molecule has 0 aromatic carbocycles. The lowest BCUT2D eigenvalue weighted by molar-refractivity contribution is -0.128. The fourth-order valence-electron chi connectivity index (χ4n) is 0.899. The van der Waals surface area contributed by atoms with Crippen molar-refractivity contribution >= 4 is 5.91 Å². The third-order valence-electron chi connectivity index (χ3n) is 1.70. The van der Waals surface area contributed by atoms with Crippen LogP contribution in [0.2, 0.25) is 0 Å². The molecule has 0 rings (SSSR count). The van der Waals surface area contributed by atoms with Gasteiger partial charge in [0.1, 0.15) is 0 Å². The van der Waals surface area contributed by atoms with Gasteiger partial charge in [0.05, 0.1) is 12.0 Å². The van der Waals surface area contributed by atoms with Crippen LogP contribution in [0.15, 0.2) is 0 Å². The first-order valence-electron chi connectivity index (χ1n) is 4.08. The SMILES string of the molecule is CNC(=O)C(C)(C)CNCCO. The summed E-state index contributed by atoms with van der Waals surface area (Å²) in [6, 6.07) is 0. The molecule has 0 fully saturated rings. The van der Waals surface area contributed by atoms with Crippen molar-refractivity contribution in [3.8, 4) is 0 Å². The van der Waals surface area contributed by atoms with E-state index in [1.54, 1.807) is 7.05 Å². The van der Waals surface area contributed by atoms with Gasteiger partial charge in [-0.25, -0.2) is 0 Å². The van der Waals surface area contributed by atoms with Crippen molar-refractivity contribution in [2.75, 3.05) is 26.7 Å². The minimum absolute atomic E-state index is 0.00735. The Labute approximate surface area is 73.3 Å². The zero-order valence-electron chi connectivity index (χ0n) is 7.98. The van der Waals surface area contributed by atoms with Crippen LogP contribution in [-0.4, -0.2) is 37.8 Å². The third-order valence-corrected chi connectivity index (χ3v) is 1.70. The number of amides is 1. The lowest BCUT2D eigenvalue weighted by atomic mass is 9.92. The standard InChI is InChI=1S/C8H18N2O2/c1-8(2,7(12)9-3)6-10-4-5-11/h10-11H,4-6H2,1-3H3,(H,9,12). The molecule has 0 saturated heterocycles. The monoisotopic (exact) mass is 174 g/mol. The van der Waals surface area contributed by atoms with Gasteiger partial charge in [0.15, 0.2) is 0 Å². The van der Waals surface area contributed by atoms with E-state index >= 15 is 0 Å². The van der Waals surface area contributed by atoms with Crippen LogP contribution in [-0.2, 0) is 4.79 Å². The summed E-state index contributed by atoms with van der Waals surface area (Å²) in [6.07, 6.45) is 0. The van der Waals surface area contributed by atoms with E-state index in [2.05, 4.69) is 10.6 Å². The van der Waals surface area contributed by atoms with Gasteiger partial charge < -0.3 is 15.7 Å². The van der Waals surface area contributed by atoms with E-state index in [0.29, 0.717) is 13.1 Å². The molecule has 4 heteroatoms. The highest BCUT2D eigenvalue weighted by molar-refractivity contribution is 5.81. The number of hydrogen-bond donors (Lipinski definition) is 3. The summed E-state index contributed by atoms with van der Waals surface area (Å²) in [5.74, 6) is 0.00735. The highest BCUT2D eigenvalue weighted by Gasteiger charge is 2.25. The van der Waals surface area contributed by atoms with E-state index < -0.39 is 5.41 Å². The average Bonchev–Trinajstić information content (AvgIpc) is 2.03. The van der Waals surface area contributed by atoms with Crippen LogP contribution >= 0.6 is 0 Å². The van der Waals surface area contributed by atoms with Crippen LogP contribution in [0.5, 0.6) is 0 Å². The molecule has 0 unspecified atom stereocenters. The molecule has 1 amide bonds. The highest BCUT2D eigenvalue weighted by Crippen LogP contribution is 2.12. The molecule has 0 heterocycles. The van der Waals surface area contributed by atoms with Crippen LogP contribution in [0.1, 0.15) is 13.8 Å². The summed E-state index contributed by atoms with van der Waals surface area (Å²) in [5.41, 5.74) is -0.413. The maximum absolute atomic E-state index is 11.2. The van der Waals surface area contributed by atoms with Crippen LogP contribution in [0.4, 0.5) is 0 Å². The number of aliphatic hydroxyl groups excluding tert-OH is 1. The summed E-state index contributed by atoms with van der Waals surface area (Å²) in [4.78, 5) is 11.2. The second kappa shape index (κ2) is 5.11. The van der Waals surface area contributed by atoms with E-state index in [1.807, 2.05) is 13.8 Å². The predicted octanol–water partition coefficient (Wildman–Crippen LogP) is -0.659. The maximum atomic E-state index is 11.2. The lowest BCUT2D eigenvalue weighted by Gasteiger charge is -2.22.